The summed E-state index contributed by atoms with van der Waals surface area (Å²) in [5.74, 6) is -0.647. The molecule has 9 heteroatoms. The summed E-state index contributed by atoms with van der Waals surface area (Å²) in [6, 6.07) is 23.3. The van der Waals surface area contributed by atoms with Crippen molar-refractivity contribution in [1.82, 2.24) is 5.01 Å². The van der Waals surface area contributed by atoms with Crippen LogP contribution in [0, 0.1) is 5.82 Å². The van der Waals surface area contributed by atoms with Crippen LogP contribution >= 0.6 is 11.8 Å². The lowest BCUT2D eigenvalue weighted by Gasteiger charge is -2.23. The van der Waals surface area contributed by atoms with Gasteiger partial charge >= 0.3 is 0 Å². The number of nitrogens with zero attached hydrogens (tertiary/aromatic N) is 3. The Labute approximate surface area is 212 Å². The summed E-state index contributed by atoms with van der Waals surface area (Å²) in [5.41, 5.74) is 2.96. The second-order valence-corrected chi connectivity index (χ2v) is 9.49. The molecule has 2 atom stereocenters. The number of hydrogen-bond acceptors (Lipinski definition) is 6. The molecule has 2 aliphatic rings. The van der Waals surface area contributed by atoms with E-state index in [2.05, 4.69) is 10.3 Å². The van der Waals surface area contributed by atoms with Crippen LogP contribution in [0.4, 0.5) is 10.1 Å². The van der Waals surface area contributed by atoms with Crippen molar-refractivity contribution in [3.63, 3.8) is 0 Å². The van der Waals surface area contributed by atoms with E-state index in [4.69, 9.17) is 9.84 Å². The molecule has 7 nitrogen and oxygen atoms in total. The average molecular weight is 503 g/mol. The third-order valence-electron chi connectivity index (χ3n) is 5.96. The number of para-hydroxylation sites is 1. The van der Waals surface area contributed by atoms with E-state index in [1.165, 1.54) is 23.9 Å². The second-order valence-electron chi connectivity index (χ2n) is 8.32. The van der Waals surface area contributed by atoms with Crippen LogP contribution < -0.4 is 10.1 Å². The number of halogens is 1. The van der Waals surface area contributed by atoms with Crippen molar-refractivity contribution in [2.45, 2.75) is 24.1 Å². The number of amides is 2. The Morgan fingerprint density at radius 2 is 1.81 bits per heavy atom. The molecule has 182 valence electrons. The van der Waals surface area contributed by atoms with Crippen molar-refractivity contribution in [2.75, 3.05) is 12.4 Å². The molecular formula is C27H23FN4O3S. The van der Waals surface area contributed by atoms with Crippen LogP contribution in [0.25, 0.3) is 0 Å². The molecule has 0 aliphatic carbocycles. The first kappa shape index (κ1) is 23.7. The Kier molecular flexibility index (Phi) is 6.81. The fourth-order valence-electron chi connectivity index (χ4n) is 4.11. The zero-order chi connectivity index (χ0) is 25.1. The second kappa shape index (κ2) is 10.3. The van der Waals surface area contributed by atoms with Crippen LogP contribution in [0.5, 0.6) is 5.75 Å². The van der Waals surface area contributed by atoms with Gasteiger partial charge in [-0.1, -0.05) is 66.4 Å². The molecule has 36 heavy (non-hydrogen) atoms. The van der Waals surface area contributed by atoms with Gasteiger partial charge in [-0.15, -0.1) is 0 Å². The molecule has 0 saturated heterocycles. The number of hydrazone groups is 1. The number of rotatable bonds is 6. The Balaban J connectivity index is 1.35. The summed E-state index contributed by atoms with van der Waals surface area (Å²) in [6.07, 6.45) is 0.504. The Hall–Kier alpha value is -3.98. The topological polar surface area (TPSA) is 83.4 Å². The van der Waals surface area contributed by atoms with E-state index in [-0.39, 0.29) is 18.2 Å². The Bertz CT molecular complexity index is 1340. The van der Waals surface area contributed by atoms with Crippen molar-refractivity contribution < 1.29 is 18.7 Å². The van der Waals surface area contributed by atoms with Crippen molar-refractivity contribution in [1.29, 1.82) is 0 Å². The van der Waals surface area contributed by atoms with Gasteiger partial charge in [0.25, 0.3) is 5.91 Å². The minimum atomic E-state index is -0.709. The minimum Gasteiger partial charge on any atom is -0.497 e. The van der Waals surface area contributed by atoms with Gasteiger partial charge in [-0.25, -0.2) is 9.40 Å². The minimum absolute atomic E-state index is 0.0790. The van der Waals surface area contributed by atoms with Crippen LogP contribution in [-0.2, 0) is 9.59 Å². The average Bonchev–Trinajstić information content (AvgIpc) is 3.50. The third-order valence-corrected chi connectivity index (χ3v) is 7.10. The molecule has 2 heterocycles. The van der Waals surface area contributed by atoms with E-state index in [0.29, 0.717) is 11.6 Å². The first-order valence-corrected chi connectivity index (χ1v) is 12.3. The third kappa shape index (κ3) is 5.01. The monoisotopic (exact) mass is 502 g/mol. The smallest absolute Gasteiger partial charge is 0.262 e. The van der Waals surface area contributed by atoms with Crippen LogP contribution in [0.1, 0.15) is 30.0 Å². The lowest BCUT2D eigenvalue weighted by atomic mass is 9.98. The van der Waals surface area contributed by atoms with Crippen LogP contribution in [-0.4, -0.2) is 40.1 Å². The molecule has 3 aromatic rings. The number of methoxy groups -OCH3 is 1. The maximum Gasteiger partial charge on any atom is 0.262 e. The van der Waals surface area contributed by atoms with E-state index >= 15 is 0 Å². The number of amidine groups is 1. The molecule has 2 aliphatic heterocycles. The number of carbonyl (C=O) groups is 2. The molecule has 5 rings (SSSR count). The van der Waals surface area contributed by atoms with Gasteiger partial charge in [0.05, 0.1) is 24.6 Å². The fraction of sp³-hybridized carbons (Fsp3) is 0.185. The van der Waals surface area contributed by atoms with Crippen LogP contribution in [0.15, 0.2) is 89.0 Å². The Morgan fingerprint density at radius 1 is 1.08 bits per heavy atom. The summed E-state index contributed by atoms with van der Waals surface area (Å²) in [6.45, 7) is 0. The zero-order valence-electron chi connectivity index (χ0n) is 19.4. The standard InChI is InChI=1S/C27H23FN4O3S/c1-35-19-13-11-18(12-14-19)23-15-22(17-7-3-2-4-8-17)31-32(23)27-30-26(34)24(36-27)16-25(33)29-21-10-6-5-9-20(21)28/h2-14,23-24H,15-16H2,1H3,(H,29,33)/t23-,24-/m0/s1. The van der Waals surface area contributed by atoms with Gasteiger partial charge in [-0.3, -0.25) is 9.59 Å². The van der Waals surface area contributed by atoms with Gasteiger partial charge < -0.3 is 10.1 Å². The first-order chi connectivity index (χ1) is 17.5. The summed E-state index contributed by atoms with van der Waals surface area (Å²) in [7, 11) is 1.62. The quantitative estimate of drug-likeness (QED) is 0.512. The number of thioether (sulfide) groups is 1. The summed E-state index contributed by atoms with van der Waals surface area (Å²) >= 11 is 1.20. The maximum absolute atomic E-state index is 13.9. The van der Waals surface area contributed by atoms with Gasteiger partial charge in [-0.05, 0) is 35.4 Å². The molecule has 0 bridgehead atoms. The molecule has 0 fully saturated rings. The van der Waals surface area contributed by atoms with Crippen LogP contribution in [0.2, 0.25) is 0 Å². The molecule has 1 N–H and O–H groups in total. The number of hydrogen-bond donors (Lipinski definition) is 1. The molecular weight excluding hydrogens is 479 g/mol. The predicted octanol–water partition coefficient (Wildman–Crippen LogP) is 5.01. The maximum atomic E-state index is 13.9. The fourth-order valence-corrected chi connectivity index (χ4v) is 5.18. The van der Waals surface area contributed by atoms with Crippen molar-refractivity contribution in [3.05, 3.63) is 95.8 Å². The zero-order valence-corrected chi connectivity index (χ0v) is 20.2. The van der Waals surface area contributed by atoms with Gasteiger partial charge in [-0.2, -0.15) is 10.1 Å². The van der Waals surface area contributed by atoms with Gasteiger partial charge in [0.2, 0.25) is 5.91 Å². The highest BCUT2D eigenvalue weighted by atomic mass is 32.2. The van der Waals surface area contributed by atoms with Crippen molar-refractivity contribution in [3.8, 4) is 5.75 Å². The highest BCUT2D eigenvalue weighted by Crippen LogP contribution is 2.39. The number of benzene rings is 3. The van der Waals surface area contributed by atoms with E-state index in [1.54, 1.807) is 24.3 Å². The Morgan fingerprint density at radius 3 is 2.53 bits per heavy atom. The molecule has 0 unspecified atom stereocenters. The van der Waals surface area contributed by atoms with Crippen molar-refractivity contribution >= 4 is 40.1 Å². The molecule has 0 aromatic heterocycles. The van der Waals surface area contributed by atoms with E-state index in [1.807, 2.05) is 54.6 Å². The summed E-state index contributed by atoms with van der Waals surface area (Å²) < 4.78 is 19.2. The molecule has 3 aromatic carbocycles. The molecule has 2 amide bonds. The SMILES string of the molecule is COc1ccc([C@@H]2CC(c3ccccc3)=NN2C2=NC(=O)[C@H](CC(=O)Nc3ccccc3F)S2)cc1. The van der Waals surface area contributed by atoms with Crippen LogP contribution in [0.3, 0.4) is 0 Å². The van der Waals surface area contributed by atoms with Gasteiger partial charge in [0, 0.05) is 12.8 Å². The number of nitrogens with one attached hydrogen (secondary N) is 1. The summed E-state index contributed by atoms with van der Waals surface area (Å²) in [4.78, 5) is 29.5. The highest BCUT2D eigenvalue weighted by molar-refractivity contribution is 8.15. The van der Waals surface area contributed by atoms with E-state index in [0.717, 1.165) is 22.6 Å². The van der Waals surface area contributed by atoms with E-state index < -0.39 is 22.9 Å². The largest absolute Gasteiger partial charge is 0.497 e. The highest BCUT2D eigenvalue weighted by Gasteiger charge is 2.39. The number of ether oxygens (including phenoxy) is 1. The summed E-state index contributed by atoms with van der Waals surface area (Å²) in [5, 5.41) is 8.86. The number of anilines is 1. The van der Waals surface area contributed by atoms with Gasteiger partial charge in [0.1, 0.15) is 16.8 Å². The van der Waals surface area contributed by atoms with Gasteiger partial charge in [0.15, 0.2) is 5.17 Å². The lowest BCUT2D eigenvalue weighted by molar-refractivity contribution is -0.121. The molecule has 0 saturated carbocycles. The van der Waals surface area contributed by atoms with Crippen molar-refractivity contribution in [2.24, 2.45) is 10.1 Å². The molecule has 0 spiro atoms. The normalized spacial score (nSPS) is 19.2. The first-order valence-electron chi connectivity index (χ1n) is 11.4. The predicted molar refractivity (Wildman–Crippen MR) is 139 cm³/mol. The number of carbonyl (C=O) groups excluding carboxylic acids is 2. The lowest BCUT2D eigenvalue weighted by Crippen LogP contribution is -2.25. The van der Waals surface area contributed by atoms with E-state index in [9.17, 15) is 14.0 Å². The number of aliphatic imine (C=N–C) groups is 1. The molecule has 0 radical (unpaired) electrons.